The molecule has 1 atom stereocenters. The first-order valence-electron chi connectivity index (χ1n) is 9.33. The Balaban J connectivity index is 1.67. The van der Waals surface area contributed by atoms with Gasteiger partial charge in [-0.2, -0.15) is 4.31 Å². The molecule has 2 heterocycles. The number of amides is 1. The summed E-state index contributed by atoms with van der Waals surface area (Å²) in [6.07, 6.45) is 2.33. The van der Waals surface area contributed by atoms with Gasteiger partial charge >= 0.3 is 0 Å². The molecule has 1 fully saturated rings. The monoisotopic (exact) mass is 427 g/mol. The van der Waals surface area contributed by atoms with Gasteiger partial charge in [-0.25, -0.2) is 13.4 Å². The van der Waals surface area contributed by atoms with Crippen LogP contribution in [0.25, 0.3) is 21.7 Å². The molecule has 2 aromatic carbocycles. The smallest absolute Gasteiger partial charge is 0.244 e. The number of carbonyl (C=O) groups excluding carboxylic acids is 1. The van der Waals surface area contributed by atoms with Crippen LogP contribution in [0, 0.1) is 0 Å². The Morgan fingerprint density at radius 3 is 2.31 bits per heavy atom. The minimum atomic E-state index is -3.42. The van der Waals surface area contributed by atoms with Crippen molar-refractivity contribution in [3.8, 4) is 21.7 Å². The number of rotatable bonds is 5. The fourth-order valence-corrected chi connectivity index (χ4v) is 5.66. The maximum absolute atomic E-state index is 12.8. The van der Waals surface area contributed by atoms with Crippen molar-refractivity contribution < 1.29 is 13.2 Å². The van der Waals surface area contributed by atoms with Crippen LogP contribution in [0.15, 0.2) is 60.7 Å². The van der Waals surface area contributed by atoms with E-state index in [1.54, 1.807) is 0 Å². The molecule has 1 aromatic heterocycles. The van der Waals surface area contributed by atoms with Crippen molar-refractivity contribution in [2.24, 2.45) is 0 Å². The second-order valence-electron chi connectivity index (χ2n) is 6.95. The zero-order valence-corrected chi connectivity index (χ0v) is 17.5. The molecule has 0 bridgehead atoms. The van der Waals surface area contributed by atoms with E-state index in [9.17, 15) is 13.2 Å². The molecule has 1 saturated heterocycles. The summed E-state index contributed by atoms with van der Waals surface area (Å²) in [5.74, 6) is -0.333. The molecule has 1 N–H and O–H groups in total. The fraction of sp³-hybridized carbons (Fsp3) is 0.238. The summed E-state index contributed by atoms with van der Waals surface area (Å²) in [5, 5.41) is 3.31. The molecule has 0 aliphatic carbocycles. The van der Waals surface area contributed by atoms with Crippen LogP contribution in [0.4, 0.5) is 5.13 Å². The third-order valence-electron chi connectivity index (χ3n) is 4.87. The van der Waals surface area contributed by atoms with Crippen molar-refractivity contribution >= 4 is 32.4 Å². The van der Waals surface area contributed by atoms with Gasteiger partial charge in [0.2, 0.25) is 15.9 Å². The Labute approximate surface area is 174 Å². The van der Waals surface area contributed by atoms with Crippen LogP contribution in [0.5, 0.6) is 0 Å². The maximum Gasteiger partial charge on any atom is 0.244 e. The number of aromatic nitrogens is 1. The molecule has 0 spiro atoms. The highest BCUT2D eigenvalue weighted by Gasteiger charge is 2.36. The predicted octanol–water partition coefficient (Wildman–Crippen LogP) is 3.84. The second kappa shape index (κ2) is 8.06. The van der Waals surface area contributed by atoms with E-state index < -0.39 is 16.1 Å². The first-order chi connectivity index (χ1) is 13.9. The lowest BCUT2D eigenvalue weighted by Gasteiger charge is -2.20. The molecule has 1 aliphatic heterocycles. The Hall–Kier alpha value is -2.55. The molecule has 1 amide bonds. The van der Waals surface area contributed by atoms with Crippen LogP contribution in [0.1, 0.15) is 12.8 Å². The zero-order chi connectivity index (χ0) is 20.4. The lowest BCUT2D eigenvalue weighted by molar-refractivity contribution is -0.119. The van der Waals surface area contributed by atoms with E-state index in [4.69, 9.17) is 0 Å². The molecule has 4 rings (SSSR count). The lowest BCUT2D eigenvalue weighted by Crippen LogP contribution is -2.42. The molecular weight excluding hydrogens is 406 g/mol. The first kappa shape index (κ1) is 19.8. The molecule has 0 radical (unpaired) electrons. The number of benzene rings is 2. The van der Waals surface area contributed by atoms with Crippen LogP contribution in [0.2, 0.25) is 0 Å². The quantitative estimate of drug-likeness (QED) is 0.671. The zero-order valence-electron chi connectivity index (χ0n) is 15.9. The number of nitrogens with zero attached hydrogens (tertiary/aromatic N) is 2. The van der Waals surface area contributed by atoms with Gasteiger partial charge in [0, 0.05) is 12.1 Å². The standard InChI is InChI=1S/C21H21N3O3S2/c1-29(26,27)24-14-8-13-17(24)20(25)23-21-22-18(15-9-4-2-5-10-15)19(28-21)16-11-6-3-7-12-16/h2-7,9-12,17H,8,13-14H2,1H3,(H,22,23,25)/t17-/m1/s1. The number of sulfonamides is 1. The average Bonchev–Trinajstić information content (AvgIpc) is 3.37. The Bertz CT molecular complexity index is 1060. The predicted molar refractivity (Wildman–Crippen MR) is 116 cm³/mol. The lowest BCUT2D eigenvalue weighted by atomic mass is 10.1. The Morgan fingerprint density at radius 2 is 1.69 bits per heavy atom. The highest BCUT2D eigenvalue weighted by atomic mass is 32.2. The summed E-state index contributed by atoms with van der Waals surface area (Å²) in [7, 11) is -3.42. The van der Waals surface area contributed by atoms with Gasteiger partial charge in [0.1, 0.15) is 6.04 Å². The van der Waals surface area contributed by atoms with Crippen molar-refractivity contribution in [1.82, 2.24) is 9.29 Å². The van der Waals surface area contributed by atoms with Crippen molar-refractivity contribution in [3.05, 3.63) is 60.7 Å². The molecule has 1 aliphatic rings. The molecule has 6 nitrogen and oxygen atoms in total. The van der Waals surface area contributed by atoms with Gasteiger partial charge in [-0.3, -0.25) is 4.79 Å². The van der Waals surface area contributed by atoms with E-state index in [-0.39, 0.29) is 5.91 Å². The SMILES string of the molecule is CS(=O)(=O)N1CCC[C@@H]1C(=O)Nc1nc(-c2ccccc2)c(-c2ccccc2)s1. The summed E-state index contributed by atoms with van der Waals surface area (Å²) in [4.78, 5) is 18.4. The number of carbonyl (C=O) groups is 1. The van der Waals surface area contributed by atoms with Crippen LogP contribution in [0.3, 0.4) is 0 Å². The van der Waals surface area contributed by atoms with Gasteiger partial charge in [0.15, 0.2) is 5.13 Å². The molecule has 0 unspecified atom stereocenters. The van der Waals surface area contributed by atoms with Crippen molar-refractivity contribution in [2.75, 3.05) is 18.1 Å². The highest BCUT2D eigenvalue weighted by Crippen LogP contribution is 2.39. The van der Waals surface area contributed by atoms with Gasteiger partial charge in [0.25, 0.3) is 0 Å². The normalized spacial score (nSPS) is 17.3. The van der Waals surface area contributed by atoms with Crippen molar-refractivity contribution in [3.63, 3.8) is 0 Å². The van der Waals surface area contributed by atoms with Crippen LogP contribution >= 0.6 is 11.3 Å². The van der Waals surface area contributed by atoms with E-state index >= 15 is 0 Å². The highest BCUT2D eigenvalue weighted by molar-refractivity contribution is 7.88. The summed E-state index contributed by atoms with van der Waals surface area (Å²) in [5.41, 5.74) is 2.77. The minimum Gasteiger partial charge on any atom is -0.301 e. The third-order valence-corrected chi connectivity index (χ3v) is 7.18. The number of hydrogen-bond acceptors (Lipinski definition) is 5. The van der Waals surface area contributed by atoms with Crippen LogP contribution in [-0.4, -0.2) is 42.5 Å². The molecule has 150 valence electrons. The summed E-state index contributed by atoms with van der Waals surface area (Å²) < 4.78 is 25.2. The second-order valence-corrected chi connectivity index (χ2v) is 9.88. The van der Waals surface area contributed by atoms with Gasteiger partial charge in [0.05, 0.1) is 16.8 Å². The third kappa shape index (κ3) is 4.24. The average molecular weight is 428 g/mol. The number of hydrogen-bond donors (Lipinski definition) is 1. The molecule has 3 aromatic rings. The van der Waals surface area contributed by atoms with Crippen LogP contribution in [-0.2, 0) is 14.8 Å². The summed E-state index contributed by atoms with van der Waals surface area (Å²) in [6, 6.07) is 19.0. The minimum absolute atomic E-state index is 0.333. The largest absolute Gasteiger partial charge is 0.301 e. The van der Waals surface area contributed by atoms with E-state index in [2.05, 4.69) is 10.3 Å². The van der Waals surface area contributed by atoms with Crippen molar-refractivity contribution in [1.29, 1.82) is 0 Å². The van der Waals surface area contributed by atoms with E-state index in [0.717, 1.165) is 28.0 Å². The summed E-state index contributed by atoms with van der Waals surface area (Å²) in [6.45, 7) is 0.374. The number of nitrogens with one attached hydrogen (secondary N) is 1. The van der Waals surface area contributed by atoms with Crippen LogP contribution < -0.4 is 5.32 Å². The molecular formula is C21H21N3O3S2. The topological polar surface area (TPSA) is 79.4 Å². The molecule has 8 heteroatoms. The fourth-order valence-electron chi connectivity index (χ4n) is 3.54. The van der Waals surface area contributed by atoms with E-state index in [1.807, 2.05) is 60.7 Å². The van der Waals surface area contributed by atoms with Gasteiger partial charge in [-0.05, 0) is 18.4 Å². The number of anilines is 1. The summed E-state index contributed by atoms with van der Waals surface area (Å²) >= 11 is 1.39. The van der Waals surface area contributed by atoms with E-state index in [1.165, 1.54) is 15.6 Å². The Kier molecular flexibility index (Phi) is 5.49. The first-order valence-corrected chi connectivity index (χ1v) is 12.0. The molecule has 0 saturated carbocycles. The van der Waals surface area contributed by atoms with E-state index in [0.29, 0.717) is 24.5 Å². The van der Waals surface area contributed by atoms with Gasteiger partial charge in [-0.15, -0.1) is 0 Å². The maximum atomic E-state index is 12.8. The molecule has 29 heavy (non-hydrogen) atoms. The van der Waals surface area contributed by atoms with Crippen molar-refractivity contribution in [2.45, 2.75) is 18.9 Å². The number of thiazole rings is 1. The van der Waals surface area contributed by atoms with Gasteiger partial charge < -0.3 is 5.32 Å². The van der Waals surface area contributed by atoms with Gasteiger partial charge in [-0.1, -0.05) is 72.0 Å². The Morgan fingerprint density at radius 1 is 1.07 bits per heavy atom.